The molecule has 3 aromatic carbocycles. The van der Waals surface area contributed by atoms with Crippen LogP contribution in [0.2, 0.25) is 0 Å². The molecule has 0 saturated heterocycles. The molecule has 0 fully saturated rings. The van der Waals surface area contributed by atoms with E-state index in [1.165, 1.54) is 17.0 Å². The maximum Gasteiger partial charge on any atom is 0.264 e. The number of benzene rings is 3. The predicted octanol–water partition coefficient (Wildman–Crippen LogP) is 5.59. The Hall–Kier alpha value is -3.17. The van der Waals surface area contributed by atoms with Gasteiger partial charge in [-0.05, 0) is 80.3 Å². The van der Waals surface area contributed by atoms with Crippen molar-refractivity contribution in [3.63, 3.8) is 0 Å². The Kier molecular flexibility index (Phi) is 10.7. The third-order valence-corrected chi connectivity index (χ3v) is 8.62. The number of unbranched alkanes of at least 4 members (excludes halogenated alkanes) is 1. The molecule has 0 radical (unpaired) electrons. The van der Waals surface area contributed by atoms with Crippen LogP contribution in [0.3, 0.4) is 0 Å². The second-order valence-corrected chi connectivity index (χ2v) is 12.4. The van der Waals surface area contributed by atoms with Crippen molar-refractivity contribution in [3.8, 4) is 0 Å². The second-order valence-electron chi connectivity index (χ2n) is 9.64. The molecule has 9 heteroatoms. The Bertz CT molecular complexity index is 1380. The summed E-state index contributed by atoms with van der Waals surface area (Å²) in [5, 5.41) is 2.90. The van der Waals surface area contributed by atoms with E-state index in [-0.39, 0.29) is 17.3 Å². The summed E-state index contributed by atoms with van der Waals surface area (Å²) in [7, 11) is -4.08. The summed E-state index contributed by atoms with van der Waals surface area (Å²) in [6.45, 7) is 7.67. The number of aryl methyl sites for hydroxylation is 2. The lowest BCUT2D eigenvalue weighted by Gasteiger charge is -2.32. The van der Waals surface area contributed by atoms with Crippen LogP contribution in [0.5, 0.6) is 0 Å². The average molecular weight is 615 g/mol. The van der Waals surface area contributed by atoms with Gasteiger partial charge in [0.15, 0.2) is 0 Å². The number of anilines is 1. The molecule has 0 bridgehead atoms. The maximum absolute atomic E-state index is 14.0. The maximum atomic E-state index is 14.0. The molecule has 0 spiro atoms. The van der Waals surface area contributed by atoms with Crippen LogP contribution in [0.4, 0.5) is 5.69 Å². The quantitative estimate of drug-likeness (QED) is 0.270. The number of nitrogens with zero attached hydrogens (tertiary/aromatic N) is 2. The molecule has 0 saturated carbocycles. The fourth-order valence-corrected chi connectivity index (χ4v) is 6.16. The minimum Gasteiger partial charge on any atom is -0.354 e. The van der Waals surface area contributed by atoms with Crippen LogP contribution in [0.1, 0.15) is 43.4 Å². The Morgan fingerprint density at radius 2 is 1.62 bits per heavy atom. The number of hydrogen-bond donors (Lipinski definition) is 1. The number of amides is 2. The summed E-state index contributed by atoms with van der Waals surface area (Å²) in [6, 6.07) is 20.2. The smallest absolute Gasteiger partial charge is 0.264 e. The monoisotopic (exact) mass is 613 g/mol. The molecule has 39 heavy (non-hydrogen) atoms. The molecule has 1 atom stereocenters. The number of nitrogens with one attached hydrogen (secondary N) is 1. The Labute approximate surface area is 240 Å². The summed E-state index contributed by atoms with van der Waals surface area (Å²) in [4.78, 5) is 28.5. The predicted molar refractivity (Wildman–Crippen MR) is 159 cm³/mol. The van der Waals surface area contributed by atoms with Gasteiger partial charge in [-0.1, -0.05) is 65.7 Å². The lowest BCUT2D eigenvalue weighted by molar-refractivity contribution is -0.139. The van der Waals surface area contributed by atoms with Gasteiger partial charge in [0.25, 0.3) is 10.0 Å². The number of carbonyl (C=O) groups excluding carboxylic acids is 2. The van der Waals surface area contributed by atoms with E-state index in [4.69, 9.17) is 0 Å². The molecule has 3 rings (SSSR count). The van der Waals surface area contributed by atoms with Crippen molar-refractivity contribution in [2.24, 2.45) is 0 Å². The second kappa shape index (κ2) is 13.8. The summed E-state index contributed by atoms with van der Waals surface area (Å²) in [5.41, 5.74) is 2.96. The normalized spacial score (nSPS) is 12.0. The Morgan fingerprint density at radius 3 is 2.23 bits per heavy atom. The van der Waals surface area contributed by atoms with E-state index in [2.05, 4.69) is 21.2 Å². The van der Waals surface area contributed by atoms with E-state index in [0.717, 1.165) is 38.3 Å². The highest BCUT2D eigenvalue weighted by atomic mass is 79.9. The molecule has 7 nitrogen and oxygen atoms in total. The van der Waals surface area contributed by atoms with Gasteiger partial charge in [-0.3, -0.25) is 13.9 Å². The van der Waals surface area contributed by atoms with Crippen molar-refractivity contribution < 1.29 is 18.0 Å². The molecule has 1 N–H and O–H groups in total. The third-order valence-electron chi connectivity index (χ3n) is 6.34. The highest BCUT2D eigenvalue weighted by Crippen LogP contribution is 2.27. The Balaban J connectivity index is 2.02. The third kappa shape index (κ3) is 8.16. The van der Waals surface area contributed by atoms with Gasteiger partial charge in [-0.25, -0.2) is 8.42 Å². The summed E-state index contributed by atoms with van der Waals surface area (Å²) >= 11 is 3.46. The minimum atomic E-state index is -4.08. The summed E-state index contributed by atoms with van der Waals surface area (Å²) in [5.74, 6) is -0.762. The van der Waals surface area contributed by atoms with E-state index in [9.17, 15) is 18.0 Å². The van der Waals surface area contributed by atoms with Gasteiger partial charge in [0.2, 0.25) is 11.8 Å². The zero-order chi connectivity index (χ0) is 28.6. The standard InChI is InChI=1S/C30H36BrN3O4S/c1-5-6-15-32-30(36)24(4)33(20-25-11-10-12-26(31)19-25)29(35)21-34(27-17-22(2)16-23(3)18-27)39(37,38)28-13-8-7-9-14-28/h7-14,16-19,24H,5-6,15,20-21H2,1-4H3,(H,32,36). The van der Waals surface area contributed by atoms with Crippen LogP contribution in [0.25, 0.3) is 0 Å². The number of hydrogen-bond acceptors (Lipinski definition) is 4. The molecule has 1 unspecified atom stereocenters. The molecule has 0 aliphatic heterocycles. The van der Waals surface area contributed by atoms with E-state index < -0.39 is 28.5 Å². The van der Waals surface area contributed by atoms with Gasteiger partial charge >= 0.3 is 0 Å². The molecule has 0 aliphatic rings. The van der Waals surface area contributed by atoms with Crippen LogP contribution in [-0.4, -0.2) is 44.3 Å². The van der Waals surface area contributed by atoms with Crippen LogP contribution in [-0.2, 0) is 26.2 Å². The van der Waals surface area contributed by atoms with Gasteiger partial charge in [0, 0.05) is 17.6 Å². The molecular formula is C30H36BrN3O4S. The van der Waals surface area contributed by atoms with Gasteiger partial charge in [-0.2, -0.15) is 0 Å². The number of sulfonamides is 1. The molecule has 0 aliphatic carbocycles. The van der Waals surface area contributed by atoms with Gasteiger partial charge in [0.05, 0.1) is 10.6 Å². The van der Waals surface area contributed by atoms with E-state index in [1.54, 1.807) is 37.3 Å². The zero-order valence-electron chi connectivity index (χ0n) is 22.9. The van der Waals surface area contributed by atoms with Gasteiger partial charge < -0.3 is 10.2 Å². The fourth-order valence-electron chi connectivity index (χ4n) is 4.29. The van der Waals surface area contributed by atoms with Crippen molar-refractivity contribution in [1.82, 2.24) is 10.2 Å². The first kappa shape index (κ1) is 30.4. The van der Waals surface area contributed by atoms with Crippen LogP contribution in [0.15, 0.2) is 82.2 Å². The molecule has 208 valence electrons. The highest BCUT2D eigenvalue weighted by molar-refractivity contribution is 9.10. The molecular weight excluding hydrogens is 578 g/mol. The molecule has 0 aromatic heterocycles. The van der Waals surface area contributed by atoms with Gasteiger partial charge in [-0.15, -0.1) is 0 Å². The van der Waals surface area contributed by atoms with E-state index in [0.29, 0.717) is 12.2 Å². The van der Waals surface area contributed by atoms with Crippen molar-refractivity contribution in [2.45, 2.75) is 58.0 Å². The lowest BCUT2D eigenvalue weighted by atomic mass is 10.1. The summed E-state index contributed by atoms with van der Waals surface area (Å²) in [6.07, 6.45) is 1.76. The van der Waals surface area contributed by atoms with E-state index in [1.807, 2.05) is 51.1 Å². The van der Waals surface area contributed by atoms with Crippen molar-refractivity contribution >= 4 is 43.5 Å². The highest BCUT2D eigenvalue weighted by Gasteiger charge is 2.32. The number of carbonyl (C=O) groups is 2. The first-order valence-corrected chi connectivity index (χ1v) is 15.2. The van der Waals surface area contributed by atoms with Crippen LogP contribution in [0, 0.1) is 13.8 Å². The molecule has 2 amide bonds. The van der Waals surface area contributed by atoms with E-state index >= 15 is 0 Å². The van der Waals surface area contributed by atoms with Crippen molar-refractivity contribution in [2.75, 3.05) is 17.4 Å². The summed E-state index contributed by atoms with van der Waals surface area (Å²) < 4.78 is 29.7. The van der Waals surface area contributed by atoms with Crippen LogP contribution < -0.4 is 9.62 Å². The van der Waals surface area contributed by atoms with Crippen molar-refractivity contribution in [1.29, 1.82) is 0 Å². The lowest BCUT2D eigenvalue weighted by Crippen LogP contribution is -2.51. The SMILES string of the molecule is CCCCNC(=O)C(C)N(Cc1cccc(Br)c1)C(=O)CN(c1cc(C)cc(C)c1)S(=O)(=O)c1ccccc1. The number of rotatable bonds is 12. The average Bonchev–Trinajstić information content (AvgIpc) is 2.89. The largest absolute Gasteiger partial charge is 0.354 e. The minimum absolute atomic E-state index is 0.0841. The van der Waals surface area contributed by atoms with Gasteiger partial charge in [0.1, 0.15) is 12.6 Å². The topological polar surface area (TPSA) is 86.8 Å². The van der Waals surface area contributed by atoms with Crippen LogP contribution >= 0.6 is 15.9 Å². The fraction of sp³-hybridized carbons (Fsp3) is 0.333. The van der Waals surface area contributed by atoms with Crippen molar-refractivity contribution in [3.05, 3.63) is 94.0 Å². The first-order chi connectivity index (χ1) is 18.5. The zero-order valence-corrected chi connectivity index (χ0v) is 25.3. The Morgan fingerprint density at radius 1 is 0.949 bits per heavy atom. The first-order valence-electron chi connectivity index (χ1n) is 13.0. The number of halogens is 1. The molecule has 0 heterocycles. The molecule has 3 aromatic rings.